The summed E-state index contributed by atoms with van der Waals surface area (Å²) in [6.07, 6.45) is 7.56. The van der Waals surface area contributed by atoms with E-state index in [1.165, 1.54) is 11.8 Å². The highest BCUT2D eigenvalue weighted by Crippen LogP contribution is 2.19. The number of carbonyl (C=O) groups excluding carboxylic acids is 2. The Labute approximate surface area is 135 Å². The fourth-order valence-electron chi connectivity index (χ4n) is 2.41. The molecule has 5 heteroatoms. The van der Waals surface area contributed by atoms with Gasteiger partial charge in [-0.1, -0.05) is 30.4 Å². The third kappa shape index (κ3) is 4.23. The maximum absolute atomic E-state index is 12.7. The Morgan fingerprint density at radius 2 is 2.00 bits per heavy atom. The van der Waals surface area contributed by atoms with E-state index in [4.69, 9.17) is 5.11 Å². The van der Waals surface area contributed by atoms with Crippen LogP contribution in [0.1, 0.15) is 24.7 Å². The van der Waals surface area contributed by atoms with Crippen LogP contribution < -0.4 is 0 Å². The van der Waals surface area contributed by atoms with Crippen LogP contribution in [-0.2, 0) is 22.7 Å². The van der Waals surface area contributed by atoms with Crippen LogP contribution in [0, 0.1) is 0 Å². The quantitative estimate of drug-likeness (QED) is 0.902. The molecule has 0 bridgehead atoms. The average molecular weight is 312 g/mol. The second-order valence-electron chi connectivity index (χ2n) is 5.38. The Balaban J connectivity index is 2.22. The van der Waals surface area contributed by atoms with Gasteiger partial charge in [-0.15, -0.1) is 0 Å². The van der Waals surface area contributed by atoms with Gasteiger partial charge in [-0.3, -0.25) is 14.6 Å². The first-order valence-corrected chi connectivity index (χ1v) is 7.41. The van der Waals surface area contributed by atoms with E-state index in [1.54, 1.807) is 37.4 Å². The van der Waals surface area contributed by atoms with Gasteiger partial charge in [-0.2, -0.15) is 0 Å². The number of amides is 1. The number of allylic oxidation sites excluding steroid dienone is 5. The molecule has 0 aromatic carbocycles. The summed E-state index contributed by atoms with van der Waals surface area (Å²) in [6.45, 7) is 1.64. The van der Waals surface area contributed by atoms with E-state index < -0.39 is 0 Å². The van der Waals surface area contributed by atoms with Crippen molar-refractivity contribution in [3.8, 4) is 0 Å². The zero-order chi connectivity index (χ0) is 16.8. The summed E-state index contributed by atoms with van der Waals surface area (Å²) in [4.78, 5) is 30.3. The lowest BCUT2D eigenvalue weighted by Crippen LogP contribution is -2.29. The molecule has 2 rings (SSSR count). The van der Waals surface area contributed by atoms with E-state index in [2.05, 4.69) is 4.98 Å². The second kappa shape index (κ2) is 7.65. The lowest BCUT2D eigenvalue weighted by molar-refractivity contribution is -0.127. The lowest BCUT2D eigenvalue weighted by atomic mass is 10.0. The van der Waals surface area contributed by atoms with Gasteiger partial charge in [0, 0.05) is 18.2 Å². The standard InChI is InChI=1S/C18H20N2O3/c1-13(22)16-9-4-3-5-10-17(16)18(23)20(2)11-14-7-6-8-15(12-21)19-14/h3-9,21H,10-12H2,1-2H3. The van der Waals surface area contributed by atoms with Gasteiger partial charge in [-0.25, -0.2) is 0 Å². The number of nitrogens with zero attached hydrogens (tertiary/aromatic N) is 2. The van der Waals surface area contributed by atoms with Crippen molar-refractivity contribution in [1.29, 1.82) is 0 Å². The molecule has 0 fully saturated rings. The Morgan fingerprint density at radius 3 is 2.70 bits per heavy atom. The van der Waals surface area contributed by atoms with Crippen molar-refractivity contribution < 1.29 is 14.7 Å². The Bertz CT molecular complexity index is 702. The molecule has 1 aromatic rings. The monoisotopic (exact) mass is 312 g/mol. The summed E-state index contributed by atoms with van der Waals surface area (Å²) in [6, 6.07) is 5.32. The highest BCUT2D eigenvalue weighted by molar-refractivity contribution is 6.06. The van der Waals surface area contributed by atoms with Gasteiger partial charge in [0.15, 0.2) is 5.78 Å². The van der Waals surface area contributed by atoms with Gasteiger partial charge in [0.05, 0.1) is 24.5 Å². The summed E-state index contributed by atoms with van der Waals surface area (Å²) < 4.78 is 0. The van der Waals surface area contributed by atoms with Crippen LogP contribution >= 0.6 is 0 Å². The number of aromatic nitrogens is 1. The molecule has 1 aromatic heterocycles. The zero-order valence-electron chi connectivity index (χ0n) is 13.3. The summed E-state index contributed by atoms with van der Waals surface area (Å²) in [5, 5.41) is 9.13. The normalized spacial score (nSPS) is 13.9. The zero-order valence-corrected chi connectivity index (χ0v) is 13.3. The fourth-order valence-corrected chi connectivity index (χ4v) is 2.41. The van der Waals surface area contributed by atoms with E-state index in [9.17, 15) is 9.59 Å². The van der Waals surface area contributed by atoms with Crippen molar-refractivity contribution in [3.63, 3.8) is 0 Å². The van der Waals surface area contributed by atoms with Crippen LogP contribution in [-0.4, -0.2) is 33.7 Å². The van der Waals surface area contributed by atoms with Gasteiger partial charge in [0.2, 0.25) is 0 Å². The number of pyridine rings is 1. The molecule has 120 valence electrons. The minimum atomic E-state index is -0.192. The Morgan fingerprint density at radius 1 is 1.26 bits per heavy atom. The number of hydrogen-bond donors (Lipinski definition) is 1. The number of likely N-dealkylation sites (N-methyl/N-ethyl adjacent to an activating group) is 1. The maximum Gasteiger partial charge on any atom is 0.250 e. The first kappa shape index (κ1) is 16.8. The van der Waals surface area contributed by atoms with Crippen molar-refractivity contribution >= 4 is 11.7 Å². The Kier molecular flexibility index (Phi) is 5.60. The predicted molar refractivity (Wildman–Crippen MR) is 87.2 cm³/mol. The molecule has 1 N–H and O–H groups in total. The molecule has 23 heavy (non-hydrogen) atoms. The van der Waals surface area contributed by atoms with E-state index >= 15 is 0 Å². The van der Waals surface area contributed by atoms with Crippen LogP contribution in [0.25, 0.3) is 0 Å². The SMILES string of the molecule is CC(=O)C1=C(C(=O)N(C)Cc2cccc(CO)n2)CC=CC=C1. The number of aliphatic hydroxyl groups excluding tert-OH is 1. The molecule has 1 aliphatic carbocycles. The number of hydrogen-bond acceptors (Lipinski definition) is 4. The smallest absolute Gasteiger partial charge is 0.250 e. The molecule has 1 aliphatic rings. The number of carbonyl (C=O) groups is 2. The van der Waals surface area contributed by atoms with E-state index in [0.717, 1.165) is 0 Å². The van der Waals surface area contributed by atoms with Gasteiger partial charge in [0.1, 0.15) is 0 Å². The fraction of sp³-hybridized carbons (Fsp3) is 0.278. The van der Waals surface area contributed by atoms with Gasteiger partial charge in [0.25, 0.3) is 5.91 Å². The maximum atomic E-state index is 12.7. The highest BCUT2D eigenvalue weighted by atomic mass is 16.3. The van der Waals surface area contributed by atoms with Gasteiger partial charge >= 0.3 is 0 Å². The number of Topliss-reactive ketones (excluding diaryl/α,β-unsaturated/α-hetero) is 1. The topological polar surface area (TPSA) is 70.5 Å². The van der Waals surface area contributed by atoms with Crippen molar-refractivity contribution in [2.45, 2.75) is 26.5 Å². The molecule has 0 radical (unpaired) electrons. The van der Waals surface area contributed by atoms with Crippen LogP contribution in [0.3, 0.4) is 0 Å². The van der Waals surface area contributed by atoms with Crippen LogP contribution in [0.2, 0.25) is 0 Å². The first-order valence-electron chi connectivity index (χ1n) is 7.41. The third-order valence-electron chi connectivity index (χ3n) is 3.57. The second-order valence-corrected chi connectivity index (χ2v) is 5.38. The molecule has 0 atom stereocenters. The minimum Gasteiger partial charge on any atom is -0.390 e. The summed E-state index contributed by atoms with van der Waals surface area (Å²) in [7, 11) is 1.68. The largest absolute Gasteiger partial charge is 0.390 e. The number of aliphatic hydroxyl groups is 1. The van der Waals surface area contributed by atoms with Crippen molar-refractivity contribution in [2.24, 2.45) is 0 Å². The molecule has 1 heterocycles. The molecule has 1 amide bonds. The molecule has 5 nitrogen and oxygen atoms in total. The minimum absolute atomic E-state index is 0.123. The summed E-state index contributed by atoms with van der Waals surface area (Å²) >= 11 is 0. The first-order chi connectivity index (χ1) is 11.0. The summed E-state index contributed by atoms with van der Waals surface area (Å²) in [5.41, 5.74) is 2.19. The predicted octanol–water partition coefficient (Wildman–Crippen LogP) is 1.93. The lowest BCUT2D eigenvalue weighted by Gasteiger charge is -2.19. The van der Waals surface area contributed by atoms with E-state index in [-0.39, 0.29) is 18.3 Å². The number of ketones is 1. The average Bonchev–Trinajstić information content (AvgIpc) is 2.80. The molecule has 0 unspecified atom stereocenters. The van der Waals surface area contributed by atoms with Crippen molar-refractivity contribution in [3.05, 3.63) is 65.0 Å². The van der Waals surface area contributed by atoms with Crippen LogP contribution in [0.5, 0.6) is 0 Å². The van der Waals surface area contributed by atoms with Crippen molar-refractivity contribution in [2.75, 3.05) is 7.05 Å². The van der Waals surface area contributed by atoms with E-state index in [1.807, 2.05) is 12.2 Å². The van der Waals surface area contributed by atoms with Crippen LogP contribution in [0.15, 0.2) is 53.6 Å². The van der Waals surface area contributed by atoms with Crippen molar-refractivity contribution in [1.82, 2.24) is 9.88 Å². The highest BCUT2D eigenvalue weighted by Gasteiger charge is 2.20. The third-order valence-corrected chi connectivity index (χ3v) is 3.57. The molecule has 0 saturated heterocycles. The molecule has 0 saturated carbocycles. The molecule has 0 aliphatic heterocycles. The number of rotatable bonds is 5. The molecular weight excluding hydrogens is 292 g/mol. The summed E-state index contributed by atoms with van der Waals surface area (Å²) in [5.74, 6) is -0.315. The van der Waals surface area contributed by atoms with Gasteiger partial charge < -0.3 is 10.0 Å². The van der Waals surface area contributed by atoms with E-state index in [0.29, 0.717) is 35.5 Å². The molecule has 0 spiro atoms. The van der Waals surface area contributed by atoms with Crippen LogP contribution in [0.4, 0.5) is 0 Å². The van der Waals surface area contributed by atoms with Gasteiger partial charge in [-0.05, 0) is 25.5 Å². The Hall–Kier alpha value is -2.53. The molecular formula is C18H20N2O3.